The van der Waals surface area contributed by atoms with Gasteiger partial charge in [0.1, 0.15) is 0 Å². The number of halogens is 2. The van der Waals surface area contributed by atoms with Crippen molar-refractivity contribution in [1.29, 1.82) is 0 Å². The van der Waals surface area contributed by atoms with Crippen LogP contribution in [0.4, 0.5) is 10.1 Å². The molecule has 0 fully saturated rings. The number of nitrogen functional groups attached to an aromatic ring is 1. The predicted molar refractivity (Wildman–Crippen MR) is 67.6 cm³/mol. The quantitative estimate of drug-likeness (QED) is 0.860. The third-order valence-corrected chi connectivity index (χ3v) is 2.63. The normalized spacial score (nSPS) is 10.3. The molecule has 1 aromatic carbocycles. The van der Waals surface area contributed by atoms with Crippen LogP contribution in [-0.2, 0) is 0 Å². The van der Waals surface area contributed by atoms with E-state index in [4.69, 9.17) is 10.5 Å². The summed E-state index contributed by atoms with van der Waals surface area (Å²) in [6.45, 7) is 1.82. The van der Waals surface area contributed by atoms with Gasteiger partial charge in [0, 0.05) is 16.2 Å². The summed E-state index contributed by atoms with van der Waals surface area (Å²) in [5.74, 6) is -0.162. The highest BCUT2D eigenvalue weighted by molar-refractivity contribution is 9.10. The molecule has 0 aliphatic carbocycles. The van der Waals surface area contributed by atoms with Gasteiger partial charge in [-0.2, -0.15) is 0 Å². The van der Waals surface area contributed by atoms with Gasteiger partial charge >= 0.3 is 0 Å². The summed E-state index contributed by atoms with van der Waals surface area (Å²) in [4.78, 5) is 4.06. The fourth-order valence-corrected chi connectivity index (χ4v) is 1.81. The van der Waals surface area contributed by atoms with Crippen molar-refractivity contribution in [3.8, 4) is 11.6 Å². The highest BCUT2D eigenvalue weighted by Crippen LogP contribution is 2.31. The van der Waals surface area contributed by atoms with Crippen LogP contribution in [0.15, 0.2) is 34.9 Å². The second-order valence-corrected chi connectivity index (χ2v) is 4.45. The van der Waals surface area contributed by atoms with Crippen molar-refractivity contribution in [3.05, 3.63) is 46.3 Å². The van der Waals surface area contributed by atoms with Crippen molar-refractivity contribution < 1.29 is 9.13 Å². The second kappa shape index (κ2) is 4.71. The molecule has 0 atom stereocenters. The predicted octanol–water partition coefficient (Wildman–Crippen LogP) is 3.67. The van der Waals surface area contributed by atoms with Crippen LogP contribution in [0, 0.1) is 12.7 Å². The van der Waals surface area contributed by atoms with Gasteiger partial charge in [0.25, 0.3) is 0 Å². The average molecular weight is 297 g/mol. The minimum absolute atomic E-state index is 0.00502. The number of nitrogens with zero attached hydrogens (tertiary/aromatic N) is 1. The molecule has 0 saturated carbocycles. The Morgan fingerprint density at radius 1 is 1.41 bits per heavy atom. The zero-order valence-corrected chi connectivity index (χ0v) is 10.7. The van der Waals surface area contributed by atoms with Crippen LogP contribution in [0.2, 0.25) is 0 Å². The number of hydrogen-bond donors (Lipinski definition) is 1. The summed E-state index contributed by atoms with van der Waals surface area (Å²) in [5, 5.41) is 0. The molecule has 0 bridgehead atoms. The summed E-state index contributed by atoms with van der Waals surface area (Å²) in [6, 6.07) is 6.23. The van der Waals surface area contributed by atoms with Crippen LogP contribution in [-0.4, -0.2) is 4.98 Å². The summed E-state index contributed by atoms with van der Waals surface area (Å²) >= 11 is 3.29. The summed E-state index contributed by atoms with van der Waals surface area (Å²) in [6.07, 6.45) is 1.58. The Bertz CT molecular complexity index is 540. The molecular weight excluding hydrogens is 287 g/mol. The molecule has 0 aliphatic rings. The maximum Gasteiger partial charge on any atom is 0.222 e. The molecule has 17 heavy (non-hydrogen) atoms. The van der Waals surface area contributed by atoms with Crippen molar-refractivity contribution in [3.63, 3.8) is 0 Å². The number of anilines is 1. The van der Waals surface area contributed by atoms with Gasteiger partial charge < -0.3 is 10.5 Å². The summed E-state index contributed by atoms with van der Waals surface area (Å²) in [7, 11) is 0. The van der Waals surface area contributed by atoms with Gasteiger partial charge in [0.2, 0.25) is 5.88 Å². The molecule has 0 amide bonds. The van der Waals surface area contributed by atoms with Crippen LogP contribution in [0.25, 0.3) is 0 Å². The molecule has 0 radical (unpaired) electrons. The van der Waals surface area contributed by atoms with Crippen LogP contribution in [0.1, 0.15) is 5.56 Å². The Morgan fingerprint density at radius 3 is 2.82 bits per heavy atom. The van der Waals surface area contributed by atoms with Gasteiger partial charge in [-0.15, -0.1) is 0 Å². The van der Waals surface area contributed by atoms with Gasteiger partial charge in [-0.1, -0.05) is 6.07 Å². The molecule has 3 nitrogen and oxygen atoms in total. The second-order valence-electron chi connectivity index (χ2n) is 3.54. The van der Waals surface area contributed by atoms with E-state index in [1.165, 1.54) is 12.1 Å². The molecule has 5 heteroatoms. The lowest BCUT2D eigenvalue weighted by atomic mass is 10.3. The zero-order valence-electron chi connectivity index (χ0n) is 9.08. The lowest BCUT2D eigenvalue weighted by molar-refractivity contribution is 0.427. The number of aromatic nitrogens is 1. The van der Waals surface area contributed by atoms with Gasteiger partial charge in [-0.05, 0) is 41.1 Å². The lowest BCUT2D eigenvalue weighted by Gasteiger charge is -2.10. The topological polar surface area (TPSA) is 48.1 Å². The first kappa shape index (κ1) is 11.9. The zero-order chi connectivity index (χ0) is 12.4. The molecule has 1 aromatic heterocycles. The van der Waals surface area contributed by atoms with E-state index < -0.39 is 5.82 Å². The van der Waals surface area contributed by atoms with E-state index in [0.29, 0.717) is 5.88 Å². The summed E-state index contributed by atoms with van der Waals surface area (Å²) in [5.41, 5.74) is 6.69. The standard InChI is InChI=1S/C12H10BrFN2O/c1-7-5-8(13)6-16-12(7)17-11-9(14)3-2-4-10(11)15/h2-6H,15H2,1H3. The van der Waals surface area contributed by atoms with Crippen LogP contribution < -0.4 is 10.5 Å². The molecule has 2 N–H and O–H groups in total. The molecule has 0 unspecified atom stereocenters. The molecule has 0 aliphatic heterocycles. The van der Waals surface area contributed by atoms with E-state index in [-0.39, 0.29) is 11.4 Å². The number of benzene rings is 1. The Hall–Kier alpha value is -1.62. The Labute approximate surface area is 107 Å². The fourth-order valence-electron chi connectivity index (χ4n) is 1.36. The van der Waals surface area contributed by atoms with Gasteiger partial charge in [0.15, 0.2) is 11.6 Å². The molecule has 0 spiro atoms. The average Bonchev–Trinajstić information content (AvgIpc) is 2.26. The number of rotatable bonds is 2. The van der Waals surface area contributed by atoms with E-state index in [2.05, 4.69) is 20.9 Å². The number of hydrogen-bond acceptors (Lipinski definition) is 3. The minimum atomic E-state index is -0.505. The Morgan fingerprint density at radius 2 is 2.18 bits per heavy atom. The Kier molecular flexibility index (Phi) is 3.28. The molecule has 2 rings (SSSR count). The number of para-hydroxylation sites is 1. The monoisotopic (exact) mass is 296 g/mol. The number of nitrogens with two attached hydrogens (primary N) is 1. The van der Waals surface area contributed by atoms with E-state index >= 15 is 0 Å². The number of aryl methyl sites for hydroxylation is 1. The Balaban J connectivity index is 2.38. The van der Waals surface area contributed by atoms with E-state index in [9.17, 15) is 4.39 Å². The third-order valence-electron chi connectivity index (χ3n) is 2.19. The largest absolute Gasteiger partial charge is 0.433 e. The minimum Gasteiger partial charge on any atom is -0.433 e. The van der Waals surface area contributed by atoms with Crippen LogP contribution in [0.5, 0.6) is 11.6 Å². The fraction of sp³-hybridized carbons (Fsp3) is 0.0833. The van der Waals surface area contributed by atoms with Crippen molar-refractivity contribution >= 4 is 21.6 Å². The highest BCUT2D eigenvalue weighted by atomic mass is 79.9. The van der Waals surface area contributed by atoms with E-state index in [1.807, 2.05) is 13.0 Å². The van der Waals surface area contributed by atoms with Gasteiger partial charge in [-0.25, -0.2) is 9.37 Å². The first-order valence-corrected chi connectivity index (χ1v) is 5.71. The van der Waals surface area contributed by atoms with Gasteiger partial charge in [-0.3, -0.25) is 0 Å². The van der Waals surface area contributed by atoms with Crippen LogP contribution >= 0.6 is 15.9 Å². The van der Waals surface area contributed by atoms with Gasteiger partial charge in [0.05, 0.1) is 5.69 Å². The van der Waals surface area contributed by atoms with Crippen LogP contribution in [0.3, 0.4) is 0 Å². The number of pyridine rings is 1. The maximum absolute atomic E-state index is 13.5. The first-order valence-electron chi connectivity index (χ1n) is 4.92. The molecule has 2 aromatic rings. The SMILES string of the molecule is Cc1cc(Br)cnc1Oc1c(N)cccc1F. The van der Waals surface area contributed by atoms with Crippen molar-refractivity contribution in [2.45, 2.75) is 6.92 Å². The molecular formula is C12H10BrFN2O. The molecule has 1 heterocycles. The van der Waals surface area contributed by atoms with E-state index in [0.717, 1.165) is 10.0 Å². The van der Waals surface area contributed by atoms with E-state index in [1.54, 1.807) is 12.3 Å². The molecule has 88 valence electrons. The first-order chi connectivity index (χ1) is 8.08. The van der Waals surface area contributed by atoms with Crippen molar-refractivity contribution in [2.24, 2.45) is 0 Å². The van der Waals surface area contributed by atoms with Crippen molar-refractivity contribution in [2.75, 3.05) is 5.73 Å². The maximum atomic E-state index is 13.5. The smallest absolute Gasteiger partial charge is 0.222 e. The molecule has 0 saturated heterocycles. The van der Waals surface area contributed by atoms with Crippen molar-refractivity contribution in [1.82, 2.24) is 4.98 Å². The summed E-state index contributed by atoms with van der Waals surface area (Å²) < 4.78 is 19.7. The number of ether oxygens (including phenoxy) is 1. The third kappa shape index (κ3) is 2.55. The highest BCUT2D eigenvalue weighted by Gasteiger charge is 2.11. The lowest BCUT2D eigenvalue weighted by Crippen LogP contribution is -1.97.